The van der Waals surface area contributed by atoms with Gasteiger partial charge < -0.3 is 9.84 Å². The molecule has 0 bridgehead atoms. The first-order valence-corrected chi connectivity index (χ1v) is 8.82. The minimum Gasteiger partial charge on any atom is -0.494 e. The molecule has 1 aliphatic heterocycles. The number of carbonyl (C=O) groups is 1. The van der Waals surface area contributed by atoms with Gasteiger partial charge in [-0.1, -0.05) is 12.1 Å². The summed E-state index contributed by atoms with van der Waals surface area (Å²) in [4.78, 5) is 11.2. The highest BCUT2D eigenvalue weighted by Crippen LogP contribution is 2.28. The second kappa shape index (κ2) is 6.25. The number of carboxylic acid groups (broad SMARTS) is 1. The van der Waals surface area contributed by atoms with Crippen molar-refractivity contribution in [1.82, 2.24) is 14.1 Å². The number of sulfonamides is 1. The summed E-state index contributed by atoms with van der Waals surface area (Å²) in [5.41, 5.74) is 0.595. The van der Waals surface area contributed by atoms with E-state index in [2.05, 4.69) is 5.10 Å². The van der Waals surface area contributed by atoms with Gasteiger partial charge in [-0.2, -0.15) is 9.40 Å². The Hall–Kier alpha value is -2.39. The van der Waals surface area contributed by atoms with Gasteiger partial charge in [0.2, 0.25) is 10.0 Å². The van der Waals surface area contributed by atoms with Crippen LogP contribution in [0.1, 0.15) is 12.8 Å². The van der Waals surface area contributed by atoms with Crippen LogP contribution < -0.4 is 4.74 Å². The van der Waals surface area contributed by atoms with Gasteiger partial charge in [-0.3, -0.25) is 4.79 Å². The van der Waals surface area contributed by atoms with Gasteiger partial charge in [-0.15, -0.1) is 0 Å². The molecule has 1 N–H and O–H groups in total. The normalized spacial score (nSPS) is 18.6. The zero-order valence-electron chi connectivity index (χ0n) is 13.0. The van der Waals surface area contributed by atoms with E-state index in [1.165, 1.54) is 24.2 Å². The lowest BCUT2D eigenvalue weighted by Gasteiger charge is -2.19. The number of nitrogens with zero attached hydrogens (tertiary/aromatic N) is 3. The predicted octanol–water partition coefficient (Wildman–Crippen LogP) is 1.12. The van der Waals surface area contributed by atoms with E-state index in [0.717, 1.165) is 4.31 Å². The van der Waals surface area contributed by atoms with Crippen molar-refractivity contribution in [1.29, 1.82) is 0 Å². The fraction of sp³-hybridized carbons (Fsp3) is 0.333. The zero-order chi connectivity index (χ0) is 17.3. The largest absolute Gasteiger partial charge is 0.494 e. The smallest absolute Gasteiger partial charge is 0.322 e. The minimum atomic E-state index is -3.91. The molecule has 1 aromatic heterocycles. The number of para-hydroxylation sites is 2. The highest BCUT2D eigenvalue weighted by atomic mass is 32.2. The quantitative estimate of drug-likeness (QED) is 0.866. The molecule has 24 heavy (non-hydrogen) atoms. The van der Waals surface area contributed by atoms with Gasteiger partial charge in [0.15, 0.2) is 0 Å². The van der Waals surface area contributed by atoms with Gasteiger partial charge >= 0.3 is 5.97 Å². The summed E-state index contributed by atoms with van der Waals surface area (Å²) in [6.07, 6.45) is 3.43. The Morgan fingerprint density at radius 1 is 1.38 bits per heavy atom. The highest BCUT2D eigenvalue weighted by Gasteiger charge is 2.40. The topological polar surface area (TPSA) is 102 Å². The third kappa shape index (κ3) is 2.76. The van der Waals surface area contributed by atoms with Gasteiger partial charge in [-0.25, -0.2) is 13.1 Å². The third-order valence-electron chi connectivity index (χ3n) is 3.99. The maximum absolute atomic E-state index is 12.7. The van der Waals surface area contributed by atoms with Gasteiger partial charge in [0.05, 0.1) is 19.5 Å². The molecule has 0 radical (unpaired) electrons. The van der Waals surface area contributed by atoms with Crippen molar-refractivity contribution >= 4 is 16.0 Å². The number of aliphatic carboxylic acids is 1. The maximum atomic E-state index is 12.7. The standard InChI is InChI=1S/C15H17N3O5S/c1-23-14-7-3-2-5-12(14)17-10-11(9-16-17)24(21,22)18-8-4-6-13(18)15(19)20/h2-3,5,7,9-10,13H,4,6,8H2,1H3,(H,19,20)/t13-/m0/s1. The van der Waals surface area contributed by atoms with Crippen LogP contribution in [0, 0.1) is 0 Å². The van der Waals surface area contributed by atoms with Gasteiger partial charge in [-0.05, 0) is 25.0 Å². The van der Waals surface area contributed by atoms with E-state index >= 15 is 0 Å². The molecular weight excluding hydrogens is 334 g/mol. The SMILES string of the molecule is COc1ccccc1-n1cc(S(=O)(=O)N2CCC[C@H]2C(=O)O)cn1. The van der Waals surface area contributed by atoms with Crippen LogP contribution in [0.2, 0.25) is 0 Å². The summed E-state index contributed by atoms with van der Waals surface area (Å²) in [7, 11) is -2.40. The van der Waals surface area contributed by atoms with Crippen molar-refractivity contribution in [2.24, 2.45) is 0 Å². The second-order valence-corrected chi connectivity index (χ2v) is 7.30. The Morgan fingerprint density at radius 3 is 2.83 bits per heavy atom. The Morgan fingerprint density at radius 2 is 2.12 bits per heavy atom. The van der Waals surface area contributed by atoms with Crippen LogP contribution in [-0.4, -0.2) is 53.3 Å². The molecule has 1 aromatic carbocycles. The van der Waals surface area contributed by atoms with Crippen molar-refractivity contribution in [2.75, 3.05) is 13.7 Å². The minimum absolute atomic E-state index is 0.0402. The molecule has 3 rings (SSSR count). The third-order valence-corrected chi connectivity index (χ3v) is 5.85. The van der Waals surface area contributed by atoms with Crippen molar-refractivity contribution in [2.45, 2.75) is 23.8 Å². The van der Waals surface area contributed by atoms with Crippen molar-refractivity contribution in [3.63, 3.8) is 0 Å². The van der Waals surface area contributed by atoms with E-state index in [-0.39, 0.29) is 11.4 Å². The molecule has 0 saturated carbocycles. The zero-order valence-corrected chi connectivity index (χ0v) is 13.8. The van der Waals surface area contributed by atoms with Gasteiger partial charge in [0, 0.05) is 6.54 Å². The number of aromatic nitrogens is 2. The molecule has 1 aliphatic rings. The van der Waals surface area contributed by atoms with Crippen LogP contribution in [0.25, 0.3) is 5.69 Å². The molecule has 128 valence electrons. The number of benzene rings is 1. The summed E-state index contributed by atoms with van der Waals surface area (Å²) >= 11 is 0. The van der Waals surface area contributed by atoms with Crippen LogP contribution in [0.5, 0.6) is 5.75 Å². The molecule has 8 nitrogen and oxygen atoms in total. The van der Waals surface area contributed by atoms with E-state index in [0.29, 0.717) is 24.3 Å². The van der Waals surface area contributed by atoms with E-state index in [4.69, 9.17) is 4.74 Å². The van der Waals surface area contributed by atoms with Crippen LogP contribution in [0.15, 0.2) is 41.6 Å². The molecule has 2 heterocycles. The van der Waals surface area contributed by atoms with Crippen molar-refractivity contribution in [3.8, 4) is 11.4 Å². The highest BCUT2D eigenvalue weighted by molar-refractivity contribution is 7.89. The van der Waals surface area contributed by atoms with E-state index in [1.54, 1.807) is 24.3 Å². The first kappa shape index (κ1) is 16.5. The lowest BCUT2D eigenvalue weighted by atomic mass is 10.2. The fourth-order valence-electron chi connectivity index (χ4n) is 2.80. The van der Waals surface area contributed by atoms with Crippen molar-refractivity contribution in [3.05, 3.63) is 36.7 Å². The maximum Gasteiger partial charge on any atom is 0.322 e. The summed E-state index contributed by atoms with van der Waals surface area (Å²) < 4.78 is 33.1. The molecule has 0 amide bonds. The predicted molar refractivity (Wildman–Crippen MR) is 84.7 cm³/mol. The molecule has 1 atom stereocenters. The molecular formula is C15H17N3O5S. The lowest BCUT2D eigenvalue weighted by molar-refractivity contribution is -0.140. The average molecular weight is 351 g/mol. The Balaban J connectivity index is 1.97. The van der Waals surface area contributed by atoms with Gasteiger partial charge in [0.25, 0.3) is 0 Å². The number of carboxylic acids is 1. The monoisotopic (exact) mass is 351 g/mol. The molecule has 0 aliphatic carbocycles. The fourth-order valence-corrected chi connectivity index (χ4v) is 4.38. The number of hydrogen-bond acceptors (Lipinski definition) is 5. The summed E-state index contributed by atoms with van der Waals surface area (Å²) in [5, 5.41) is 13.3. The van der Waals surface area contributed by atoms with Crippen LogP contribution in [-0.2, 0) is 14.8 Å². The lowest BCUT2D eigenvalue weighted by Crippen LogP contribution is -2.40. The molecule has 1 saturated heterocycles. The molecule has 0 unspecified atom stereocenters. The molecule has 0 spiro atoms. The Labute approximate surface area is 139 Å². The average Bonchev–Trinajstić information content (AvgIpc) is 3.24. The summed E-state index contributed by atoms with van der Waals surface area (Å²) in [6.45, 7) is 0.194. The molecule has 9 heteroatoms. The number of methoxy groups -OCH3 is 1. The van der Waals surface area contributed by atoms with Crippen LogP contribution >= 0.6 is 0 Å². The Bertz CT molecular complexity index is 861. The van der Waals surface area contributed by atoms with Crippen LogP contribution in [0.4, 0.5) is 0 Å². The van der Waals surface area contributed by atoms with Gasteiger partial charge in [0.1, 0.15) is 22.4 Å². The molecule has 2 aromatic rings. The van der Waals surface area contributed by atoms with E-state index < -0.39 is 22.0 Å². The molecule has 1 fully saturated rings. The van der Waals surface area contributed by atoms with E-state index in [9.17, 15) is 18.3 Å². The first-order chi connectivity index (χ1) is 11.4. The number of hydrogen-bond donors (Lipinski definition) is 1. The second-order valence-electron chi connectivity index (χ2n) is 5.40. The number of ether oxygens (including phenoxy) is 1. The van der Waals surface area contributed by atoms with E-state index in [1.807, 2.05) is 0 Å². The summed E-state index contributed by atoms with van der Waals surface area (Å²) in [5.74, 6) is -0.581. The number of rotatable bonds is 5. The van der Waals surface area contributed by atoms with Crippen molar-refractivity contribution < 1.29 is 23.1 Å². The first-order valence-electron chi connectivity index (χ1n) is 7.38. The van der Waals surface area contributed by atoms with Crippen LogP contribution in [0.3, 0.4) is 0 Å². The Kier molecular flexibility index (Phi) is 4.29. The summed E-state index contributed by atoms with van der Waals surface area (Å²) in [6, 6.07) is 6.05.